The third kappa shape index (κ3) is 3.07. The first-order valence-electron chi connectivity index (χ1n) is 5.45. The number of hydrogen-bond donors (Lipinski definition) is 1. The van der Waals surface area contributed by atoms with E-state index in [1.807, 2.05) is 0 Å². The zero-order valence-corrected chi connectivity index (χ0v) is 9.72. The Morgan fingerprint density at radius 2 is 1.68 bits per heavy atom. The molecule has 0 aliphatic heterocycles. The van der Waals surface area contributed by atoms with Gasteiger partial charge < -0.3 is 9.84 Å². The normalized spacial score (nSPS) is 10.5. The molecule has 0 radical (unpaired) electrons. The Kier molecular flexibility index (Phi) is 3.75. The lowest BCUT2D eigenvalue weighted by Crippen LogP contribution is -2.02. The van der Waals surface area contributed by atoms with Crippen LogP contribution in [-0.2, 0) is 0 Å². The molecular weight excluding hydrogens is 254 g/mol. The van der Waals surface area contributed by atoms with E-state index in [0.29, 0.717) is 11.1 Å². The third-order valence-corrected chi connectivity index (χ3v) is 2.55. The summed E-state index contributed by atoms with van der Waals surface area (Å²) in [5, 5.41) is 9.08. The summed E-state index contributed by atoms with van der Waals surface area (Å²) in [6, 6.07) is 12.3. The minimum Gasteiger partial charge on any atom is -0.478 e. The Hall–Kier alpha value is -2.43. The maximum absolute atomic E-state index is 12.0. The monoisotopic (exact) mass is 264 g/mol. The second kappa shape index (κ2) is 5.48. The van der Waals surface area contributed by atoms with E-state index in [4.69, 9.17) is 5.11 Å². The molecule has 2 aromatic carbocycles. The average Bonchev–Trinajstić information content (AvgIpc) is 2.39. The van der Waals surface area contributed by atoms with Crippen LogP contribution in [0.4, 0.5) is 8.78 Å². The van der Waals surface area contributed by atoms with Crippen molar-refractivity contribution in [2.75, 3.05) is 0 Å². The molecule has 0 aromatic heterocycles. The molecule has 0 amide bonds. The quantitative estimate of drug-likeness (QED) is 0.916. The molecular formula is C14H10F2O3. The van der Waals surface area contributed by atoms with Gasteiger partial charge in [-0.2, -0.15) is 8.78 Å². The Bertz CT molecular complexity index is 579. The number of rotatable bonds is 4. The third-order valence-electron chi connectivity index (χ3n) is 2.55. The summed E-state index contributed by atoms with van der Waals surface area (Å²) in [6.07, 6.45) is 0. The van der Waals surface area contributed by atoms with Crippen LogP contribution in [0.2, 0.25) is 0 Å². The summed E-state index contributed by atoms with van der Waals surface area (Å²) in [4.78, 5) is 11.1. The number of carbonyl (C=O) groups is 1. The van der Waals surface area contributed by atoms with Gasteiger partial charge >= 0.3 is 12.6 Å². The van der Waals surface area contributed by atoms with Crippen LogP contribution in [0.5, 0.6) is 5.75 Å². The van der Waals surface area contributed by atoms with Crippen LogP contribution in [0.1, 0.15) is 10.4 Å². The van der Waals surface area contributed by atoms with Crippen LogP contribution in [-0.4, -0.2) is 17.7 Å². The van der Waals surface area contributed by atoms with E-state index >= 15 is 0 Å². The molecule has 0 saturated heterocycles. The molecule has 0 unspecified atom stereocenters. The molecule has 0 atom stereocenters. The molecule has 2 aromatic rings. The largest absolute Gasteiger partial charge is 0.478 e. The van der Waals surface area contributed by atoms with Crippen molar-refractivity contribution in [2.45, 2.75) is 6.61 Å². The van der Waals surface area contributed by atoms with Crippen LogP contribution in [0.15, 0.2) is 48.5 Å². The molecule has 3 nitrogen and oxygen atoms in total. The van der Waals surface area contributed by atoms with E-state index in [-0.39, 0.29) is 11.3 Å². The van der Waals surface area contributed by atoms with Crippen molar-refractivity contribution in [3.63, 3.8) is 0 Å². The number of hydrogen-bond acceptors (Lipinski definition) is 2. The van der Waals surface area contributed by atoms with E-state index in [1.165, 1.54) is 18.2 Å². The van der Waals surface area contributed by atoms with Crippen molar-refractivity contribution in [3.05, 3.63) is 54.1 Å². The molecule has 0 aliphatic rings. The zero-order valence-electron chi connectivity index (χ0n) is 9.72. The molecule has 0 fully saturated rings. The summed E-state index contributed by atoms with van der Waals surface area (Å²) in [5.41, 5.74) is 1.31. The second-order valence-corrected chi connectivity index (χ2v) is 3.75. The Balaban J connectivity index is 2.35. The number of halogens is 2. The highest BCUT2D eigenvalue weighted by Crippen LogP contribution is 2.26. The molecule has 0 aliphatic carbocycles. The summed E-state index contributed by atoms with van der Waals surface area (Å²) < 4.78 is 28.3. The van der Waals surface area contributed by atoms with Gasteiger partial charge in [-0.3, -0.25) is 0 Å². The van der Waals surface area contributed by atoms with Crippen LogP contribution in [0.3, 0.4) is 0 Å². The highest BCUT2D eigenvalue weighted by molar-refractivity contribution is 5.96. The lowest BCUT2D eigenvalue weighted by atomic mass is 10.00. The number of carboxylic acids is 1. The molecule has 0 saturated carbocycles. The first-order valence-corrected chi connectivity index (χ1v) is 5.45. The Morgan fingerprint density at radius 1 is 1.05 bits per heavy atom. The summed E-state index contributed by atoms with van der Waals surface area (Å²) in [7, 11) is 0. The maximum atomic E-state index is 12.0. The second-order valence-electron chi connectivity index (χ2n) is 3.75. The van der Waals surface area contributed by atoms with Gasteiger partial charge in [0.1, 0.15) is 5.75 Å². The number of alkyl halides is 2. The van der Waals surface area contributed by atoms with Crippen molar-refractivity contribution in [3.8, 4) is 16.9 Å². The predicted molar refractivity (Wildman–Crippen MR) is 65.5 cm³/mol. The maximum Gasteiger partial charge on any atom is 0.387 e. The molecule has 0 bridgehead atoms. The number of ether oxygens (including phenoxy) is 1. The van der Waals surface area contributed by atoms with Crippen molar-refractivity contribution in [2.24, 2.45) is 0 Å². The van der Waals surface area contributed by atoms with E-state index in [2.05, 4.69) is 4.74 Å². The lowest BCUT2D eigenvalue weighted by molar-refractivity contribution is -0.0498. The van der Waals surface area contributed by atoms with Gasteiger partial charge in [0.05, 0.1) is 5.56 Å². The van der Waals surface area contributed by atoms with Gasteiger partial charge in [-0.1, -0.05) is 30.3 Å². The first kappa shape index (κ1) is 13.0. The molecule has 2 rings (SSSR count). The molecule has 5 heteroatoms. The van der Waals surface area contributed by atoms with Gasteiger partial charge in [0.2, 0.25) is 0 Å². The average molecular weight is 264 g/mol. The Morgan fingerprint density at radius 3 is 2.26 bits per heavy atom. The van der Waals surface area contributed by atoms with Gasteiger partial charge in [-0.15, -0.1) is 0 Å². The predicted octanol–water partition coefficient (Wildman–Crippen LogP) is 3.65. The van der Waals surface area contributed by atoms with Crippen molar-refractivity contribution >= 4 is 5.97 Å². The van der Waals surface area contributed by atoms with Crippen LogP contribution in [0, 0.1) is 0 Å². The smallest absolute Gasteiger partial charge is 0.387 e. The van der Waals surface area contributed by atoms with E-state index in [1.54, 1.807) is 30.3 Å². The van der Waals surface area contributed by atoms with Crippen LogP contribution in [0.25, 0.3) is 11.1 Å². The van der Waals surface area contributed by atoms with Crippen LogP contribution >= 0.6 is 0 Å². The first-order chi connectivity index (χ1) is 9.08. The van der Waals surface area contributed by atoms with E-state index in [9.17, 15) is 13.6 Å². The van der Waals surface area contributed by atoms with Gasteiger partial charge in [-0.25, -0.2) is 4.79 Å². The number of aromatic carboxylic acids is 1. The highest BCUT2D eigenvalue weighted by Gasteiger charge is 2.11. The topological polar surface area (TPSA) is 46.5 Å². The molecule has 0 spiro atoms. The van der Waals surface area contributed by atoms with Crippen molar-refractivity contribution < 1.29 is 23.4 Å². The van der Waals surface area contributed by atoms with Gasteiger partial charge in [0.25, 0.3) is 0 Å². The van der Waals surface area contributed by atoms with E-state index in [0.717, 1.165) is 0 Å². The fraction of sp³-hybridized carbons (Fsp3) is 0.0714. The molecule has 19 heavy (non-hydrogen) atoms. The van der Waals surface area contributed by atoms with E-state index < -0.39 is 12.6 Å². The van der Waals surface area contributed by atoms with Gasteiger partial charge in [-0.05, 0) is 29.3 Å². The zero-order chi connectivity index (χ0) is 13.8. The molecule has 0 heterocycles. The van der Waals surface area contributed by atoms with Crippen molar-refractivity contribution in [1.29, 1.82) is 0 Å². The lowest BCUT2D eigenvalue weighted by Gasteiger charge is -2.08. The SMILES string of the molecule is O=C(O)c1ccccc1-c1ccc(OC(F)F)cc1. The molecule has 1 N–H and O–H groups in total. The van der Waals surface area contributed by atoms with Gasteiger partial charge in [0.15, 0.2) is 0 Å². The minimum atomic E-state index is -2.88. The van der Waals surface area contributed by atoms with Crippen LogP contribution < -0.4 is 4.74 Å². The minimum absolute atomic E-state index is 0.0338. The summed E-state index contributed by atoms with van der Waals surface area (Å²) in [5.74, 6) is -1.00. The standard InChI is InChI=1S/C14H10F2O3/c15-14(16)19-10-7-5-9(6-8-10)11-3-1-2-4-12(11)13(17)18/h1-8,14H,(H,17,18). The number of carboxylic acid groups (broad SMARTS) is 1. The Labute approximate surface area is 108 Å². The fourth-order valence-corrected chi connectivity index (χ4v) is 1.74. The highest BCUT2D eigenvalue weighted by atomic mass is 19.3. The fourth-order valence-electron chi connectivity index (χ4n) is 1.74. The summed E-state index contributed by atoms with van der Waals surface area (Å²) in [6.45, 7) is -2.88. The molecule has 98 valence electrons. The van der Waals surface area contributed by atoms with Crippen molar-refractivity contribution in [1.82, 2.24) is 0 Å². The van der Waals surface area contributed by atoms with Gasteiger partial charge in [0, 0.05) is 0 Å². The summed E-state index contributed by atoms with van der Waals surface area (Å²) >= 11 is 0. The number of benzene rings is 2.